The lowest BCUT2D eigenvalue weighted by molar-refractivity contribution is 0.380. The van der Waals surface area contributed by atoms with E-state index in [0.717, 1.165) is 12.0 Å². The Morgan fingerprint density at radius 3 is 2.39 bits per heavy atom. The van der Waals surface area contributed by atoms with Gasteiger partial charge in [-0.15, -0.1) is 24.8 Å². The summed E-state index contributed by atoms with van der Waals surface area (Å²) in [4.78, 5) is 0. The van der Waals surface area contributed by atoms with E-state index in [1.54, 1.807) is 5.57 Å². The second-order valence-corrected chi connectivity index (χ2v) is 6.85. The van der Waals surface area contributed by atoms with Gasteiger partial charge >= 0.3 is 0 Å². The number of benzene rings is 1. The SMILES string of the molecule is CC(C)/C(=C\c1ccccc1)[C@@H]1C[C@H]1NC1CCNCC1.Cl.Cl. The Hall–Kier alpha value is -0.540. The Morgan fingerprint density at radius 2 is 1.78 bits per heavy atom. The van der Waals surface area contributed by atoms with Gasteiger partial charge in [0.25, 0.3) is 0 Å². The summed E-state index contributed by atoms with van der Waals surface area (Å²) in [7, 11) is 0. The van der Waals surface area contributed by atoms with Gasteiger partial charge in [-0.1, -0.05) is 55.8 Å². The first kappa shape index (κ1) is 20.5. The van der Waals surface area contributed by atoms with Crippen molar-refractivity contribution in [2.75, 3.05) is 13.1 Å². The van der Waals surface area contributed by atoms with Crippen molar-refractivity contribution < 1.29 is 0 Å². The van der Waals surface area contributed by atoms with E-state index in [1.165, 1.54) is 37.9 Å². The average molecular weight is 357 g/mol. The summed E-state index contributed by atoms with van der Waals surface area (Å²) in [6, 6.07) is 12.2. The van der Waals surface area contributed by atoms with Gasteiger partial charge in [0.1, 0.15) is 0 Å². The summed E-state index contributed by atoms with van der Waals surface area (Å²) in [5.74, 6) is 1.38. The van der Waals surface area contributed by atoms with Crippen LogP contribution in [0.1, 0.15) is 38.7 Å². The van der Waals surface area contributed by atoms with E-state index in [-0.39, 0.29) is 24.8 Å². The number of halogens is 2. The highest BCUT2D eigenvalue weighted by molar-refractivity contribution is 5.85. The predicted octanol–water partition coefficient (Wildman–Crippen LogP) is 4.30. The molecule has 0 bridgehead atoms. The number of piperidine rings is 1. The number of nitrogens with one attached hydrogen (secondary N) is 2. The summed E-state index contributed by atoms with van der Waals surface area (Å²) in [6.45, 7) is 7.00. The Kier molecular flexibility index (Phi) is 8.63. The van der Waals surface area contributed by atoms with Crippen molar-refractivity contribution >= 4 is 30.9 Å². The van der Waals surface area contributed by atoms with Gasteiger partial charge in [0.15, 0.2) is 0 Å². The van der Waals surface area contributed by atoms with Crippen molar-refractivity contribution in [3.63, 3.8) is 0 Å². The second-order valence-electron chi connectivity index (χ2n) is 6.85. The van der Waals surface area contributed by atoms with Gasteiger partial charge in [-0.3, -0.25) is 0 Å². The van der Waals surface area contributed by atoms with Gasteiger partial charge < -0.3 is 10.6 Å². The highest BCUT2D eigenvalue weighted by Crippen LogP contribution is 2.42. The van der Waals surface area contributed by atoms with Crippen LogP contribution in [0.2, 0.25) is 0 Å². The quantitative estimate of drug-likeness (QED) is 0.821. The summed E-state index contributed by atoms with van der Waals surface area (Å²) in [5, 5.41) is 7.33. The molecule has 1 heterocycles. The summed E-state index contributed by atoms with van der Waals surface area (Å²) >= 11 is 0. The van der Waals surface area contributed by atoms with Crippen LogP contribution in [0.15, 0.2) is 35.9 Å². The van der Waals surface area contributed by atoms with Crippen LogP contribution in [-0.2, 0) is 0 Å². The summed E-state index contributed by atoms with van der Waals surface area (Å²) in [5.41, 5.74) is 2.96. The first-order valence-corrected chi connectivity index (χ1v) is 8.47. The molecule has 4 heteroatoms. The highest BCUT2D eigenvalue weighted by Gasteiger charge is 2.41. The molecular weight excluding hydrogens is 327 g/mol. The fourth-order valence-electron chi connectivity index (χ4n) is 3.48. The predicted molar refractivity (Wildman–Crippen MR) is 105 cm³/mol. The third-order valence-electron chi connectivity index (χ3n) is 4.81. The minimum absolute atomic E-state index is 0. The molecular formula is C19H30Cl2N2. The molecule has 0 aromatic heterocycles. The van der Waals surface area contributed by atoms with Crippen LogP contribution in [0, 0.1) is 11.8 Å². The number of hydrogen-bond acceptors (Lipinski definition) is 2. The lowest BCUT2D eigenvalue weighted by atomic mass is 9.95. The molecule has 1 saturated heterocycles. The maximum atomic E-state index is 3.88. The van der Waals surface area contributed by atoms with Gasteiger partial charge in [0.2, 0.25) is 0 Å². The molecule has 1 saturated carbocycles. The maximum absolute atomic E-state index is 3.88. The van der Waals surface area contributed by atoms with E-state index >= 15 is 0 Å². The number of hydrogen-bond donors (Lipinski definition) is 2. The zero-order chi connectivity index (χ0) is 14.7. The first-order valence-electron chi connectivity index (χ1n) is 8.47. The molecule has 0 amide bonds. The van der Waals surface area contributed by atoms with Crippen molar-refractivity contribution in [1.29, 1.82) is 0 Å². The molecule has 3 rings (SSSR count). The Labute approximate surface area is 153 Å². The monoisotopic (exact) mass is 356 g/mol. The van der Waals surface area contributed by atoms with Crippen molar-refractivity contribution in [1.82, 2.24) is 10.6 Å². The second kappa shape index (κ2) is 9.68. The van der Waals surface area contributed by atoms with Crippen LogP contribution in [0.3, 0.4) is 0 Å². The van der Waals surface area contributed by atoms with Crippen molar-refractivity contribution in [3.8, 4) is 0 Å². The van der Waals surface area contributed by atoms with Crippen LogP contribution in [0.5, 0.6) is 0 Å². The minimum Gasteiger partial charge on any atom is -0.317 e. The van der Waals surface area contributed by atoms with Crippen LogP contribution in [0.4, 0.5) is 0 Å². The van der Waals surface area contributed by atoms with Gasteiger partial charge in [-0.05, 0) is 49.8 Å². The van der Waals surface area contributed by atoms with Crippen LogP contribution < -0.4 is 10.6 Å². The molecule has 130 valence electrons. The summed E-state index contributed by atoms with van der Waals surface area (Å²) in [6.07, 6.45) is 6.30. The fraction of sp³-hybridized carbons (Fsp3) is 0.579. The molecule has 1 aromatic carbocycles. The van der Waals surface area contributed by atoms with Crippen LogP contribution >= 0.6 is 24.8 Å². The lowest BCUT2D eigenvalue weighted by Crippen LogP contribution is -2.41. The molecule has 0 spiro atoms. The van der Waals surface area contributed by atoms with Crippen LogP contribution in [0.25, 0.3) is 6.08 Å². The molecule has 1 aliphatic carbocycles. The molecule has 0 radical (unpaired) electrons. The van der Waals surface area contributed by atoms with E-state index < -0.39 is 0 Å². The van der Waals surface area contributed by atoms with Crippen molar-refractivity contribution in [2.45, 2.75) is 45.2 Å². The van der Waals surface area contributed by atoms with E-state index in [0.29, 0.717) is 12.0 Å². The van der Waals surface area contributed by atoms with Gasteiger partial charge in [0, 0.05) is 12.1 Å². The largest absolute Gasteiger partial charge is 0.317 e. The zero-order valence-electron chi connectivity index (χ0n) is 14.1. The lowest BCUT2D eigenvalue weighted by Gasteiger charge is -2.24. The molecule has 23 heavy (non-hydrogen) atoms. The average Bonchev–Trinajstić information content (AvgIpc) is 3.25. The standard InChI is InChI=1S/C19H28N2.2ClH/c1-14(2)17(12-15-6-4-3-5-7-15)18-13-19(18)21-16-8-10-20-11-9-16;;/h3-7,12,14,16,18-21H,8-11,13H2,1-2H3;2*1H/b17-12+;;/t18-,19+;;/m0../s1. The topological polar surface area (TPSA) is 24.1 Å². The summed E-state index contributed by atoms with van der Waals surface area (Å²) < 4.78 is 0. The Balaban J connectivity index is 0.00000132. The van der Waals surface area contributed by atoms with Gasteiger partial charge in [-0.25, -0.2) is 0 Å². The molecule has 0 unspecified atom stereocenters. The van der Waals surface area contributed by atoms with E-state index in [2.05, 4.69) is 60.9 Å². The van der Waals surface area contributed by atoms with E-state index in [9.17, 15) is 0 Å². The molecule has 1 aromatic rings. The first-order chi connectivity index (χ1) is 10.2. The fourth-order valence-corrected chi connectivity index (χ4v) is 3.48. The van der Waals surface area contributed by atoms with Crippen LogP contribution in [-0.4, -0.2) is 25.2 Å². The smallest absolute Gasteiger partial charge is 0.0142 e. The molecule has 1 aliphatic heterocycles. The molecule has 2 atom stereocenters. The van der Waals surface area contributed by atoms with E-state index in [4.69, 9.17) is 0 Å². The zero-order valence-corrected chi connectivity index (χ0v) is 15.8. The molecule has 2 aliphatic rings. The number of rotatable bonds is 5. The minimum atomic E-state index is 0. The molecule has 2 fully saturated rings. The van der Waals surface area contributed by atoms with E-state index in [1.807, 2.05) is 0 Å². The van der Waals surface area contributed by atoms with Gasteiger partial charge in [-0.2, -0.15) is 0 Å². The normalized spacial score (nSPS) is 24.7. The Morgan fingerprint density at radius 1 is 1.13 bits per heavy atom. The third-order valence-corrected chi connectivity index (χ3v) is 4.81. The van der Waals surface area contributed by atoms with Crippen molar-refractivity contribution in [2.24, 2.45) is 11.8 Å². The molecule has 2 N–H and O–H groups in total. The Bertz CT molecular complexity index is 481. The molecule has 2 nitrogen and oxygen atoms in total. The highest BCUT2D eigenvalue weighted by atomic mass is 35.5. The third kappa shape index (κ3) is 5.79. The maximum Gasteiger partial charge on any atom is 0.0142 e. The van der Waals surface area contributed by atoms with Gasteiger partial charge in [0.05, 0.1) is 0 Å². The van der Waals surface area contributed by atoms with Crippen molar-refractivity contribution in [3.05, 3.63) is 41.5 Å².